The van der Waals surface area contributed by atoms with Gasteiger partial charge in [0.25, 0.3) is 0 Å². The first-order chi connectivity index (χ1) is 10.9. The third-order valence-electron chi connectivity index (χ3n) is 5.78. The molecule has 4 aliphatic carbocycles. The van der Waals surface area contributed by atoms with Gasteiger partial charge in [-0.2, -0.15) is 26.0 Å². The third kappa shape index (κ3) is 3.19. The molecule has 4 saturated carbocycles. The van der Waals surface area contributed by atoms with Gasteiger partial charge in [0.15, 0.2) is 0 Å². The highest BCUT2D eigenvalue weighted by Gasteiger charge is 2.65. The molecule has 4 rings (SSSR count). The number of hydrogen-bond donors (Lipinski definition) is 1. The Morgan fingerprint density at radius 2 is 1.46 bits per heavy atom. The Labute approximate surface area is 138 Å². The molecule has 4 bridgehead atoms. The Hall–Kier alpha value is -0.410. The topological polar surface area (TPSA) is 63.6 Å². The maximum absolute atomic E-state index is 13.4. The first-order valence-electron chi connectivity index (χ1n) is 8.31. The molecule has 0 spiro atoms. The molecule has 0 amide bonds. The smallest absolute Gasteiger partial charge is 0.375 e. The molecule has 24 heavy (non-hydrogen) atoms. The van der Waals surface area contributed by atoms with E-state index in [9.17, 15) is 26.0 Å². The molecular weight excluding hydrogens is 352 g/mol. The molecule has 0 aliphatic heterocycles. The van der Waals surface area contributed by atoms with Crippen molar-refractivity contribution in [1.82, 2.24) is 0 Å². The molecular formula is C15H22F4O4S. The molecule has 9 heteroatoms. The minimum Gasteiger partial charge on any atom is -0.375 e. The van der Waals surface area contributed by atoms with Crippen molar-refractivity contribution in [2.24, 2.45) is 17.8 Å². The molecule has 4 aliphatic rings. The average Bonchev–Trinajstić information content (AvgIpc) is 2.41. The number of halogens is 4. The highest BCUT2D eigenvalue weighted by molar-refractivity contribution is 7.87. The summed E-state index contributed by atoms with van der Waals surface area (Å²) in [6, 6.07) is 0. The SMILES string of the molecule is O=S(=O)(O)C(F)(F)C(F)(F)CCCOC12CC3CC(CC(C3)C1)C2. The van der Waals surface area contributed by atoms with Crippen LogP contribution in [0.3, 0.4) is 0 Å². The summed E-state index contributed by atoms with van der Waals surface area (Å²) in [5.74, 6) is -2.99. The lowest BCUT2D eigenvalue weighted by atomic mass is 9.54. The van der Waals surface area contributed by atoms with Crippen molar-refractivity contribution in [1.29, 1.82) is 0 Å². The summed E-state index contributed by atoms with van der Waals surface area (Å²) >= 11 is 0. The lowest BCUT2D eigenvalue weighted by Gasteiger charge is -2.56. The van der Waals surface area contributed by atoms with E-state index in [0.717, 1.165) is 19.3 Å². The molecule has 0 aromatic rings. The van der Waals surface area contributed by atoms with Crippen LogP contribution in [-0.2, 0) is 14.9 Å². The van der Waals surface area contributed by atoms with E-state index in [2.05, 4.69) is 0 Å². The van der Waals surface area contributed by atoms with Crippen molar-refractivity contribution in [3.63, 3.8) is 0 Å². The lowest BCUT2D eigenvalue weighted by Crippen LogP contribution is -2.52. The minimum atomic E-state index is -6.16. The van der Waals surface area contributed by atoms with Gasteiger partial charge in [0.05, 0.1) is 5.60 Å². The lowest BCUT2D eigenvalue weighted by molar-refractivity contribution is -0.180. The fourth-order valence-electron chi connectivity index (χ4n) is 5.13. The van der Waals surface area contributed by atoms with Gasteiger partial charge in [-0.05, 0) is 62.7 Å². The molecule has 0 aromatic heterocycles. The zero-order chi connectivity index (χ0) is 17.8. The van der Waals surface area contributed by atoms with E-state index in [4.69, 9.17) is 9.29 Å². The van der Waals surface area contributed by atoms with E-state index in [0.29, 0.717) is 17.8 Å². The van der Waals surface area contributed by atoms with Gasteiger partial charge in [-0.1, -0.05) is 0 Å². The van der Waals surface area contributed by atoms with Gasteiger partial charge < -0.3 is 4.74 Å². The second-order valence-electron chi connectivity index (χ2n) is 7.75. The molecule has 140 valence electrons. The molecule has 0 atom stereocenters. The normalized spacial score (nSPS) is 36.3. The molecule has 0 radical (unpaired) electrons. The second-order valence-corrected chi connectivity index (χ2v) is 9.21. The third-order valence-corrected chi connectivity index (χ3v) is 6.72. The summed E-state index contributed by atoms with van der Waals surface area (Å²) in [6.07, 6.45) is 4.54. The van der Waals surface area contributed by atoms with Crippen LogP contribution < -0.4 is 0 Å². The minimum absolute atomic E-state index is 0.108. The van der Waals surface area contributed by atoms with E-state index in [1.54, 1.807) is 0 Å². The van der Waals surface area contributed by atoms with Crippen LogP contribution in [0.25, 0.3) is 0 Å². The van der Waals surface area contributed by atoms with E-state index >= 15 is 0 Å². The van der Waals surface area contributed by atoms with Crippen molar-refractivity contribution >= 4 is 10.1 Å². The quantitative estimate of drug-likeness (QED) is 0.417. The van der Waals surface area contributed by atoms with Gasteiger partial charge in [0.1, 0.15) is 0 Å². The van der Waals surface area contributed by atoms with E-state index in [-0.39, 0.29) is 18.6 Å². The molecule has 4 fully saturated rings. The van der Waals surface area contributed by atoms with Crippen LogP contribution >= 0.6 is 0 Å². The largest absolute Gasteiger partial charge is 0.431 e. The monoisotopic (exact) mass is 374 g/mol. The Morgan fingerprint density at radius 1 is 1.00 bits per heavy atom. The Bertz CT molecular complexity index is 555. The van der Waals surface area contributed by atoms with Crippen molar-refractivity contribution in [3.05, 3.63) is 0 Å². The van der Waals surface area contributed by atoms with Gasteiger partial charge in [-0.3, -0.25) is 4.55 Å². The van der Waals surface area contributed by atoms with Gasteiger partial charge in [-0.15, -0.1) is 0 Å². The van der Waals surface area contributed by atoms with Gasteiger partial charge >= 0.3 is 21.3 Å². The highest BCUT2D eigenvalue weighted by atomic mass is 32.2. The predicted octanol–water partition coefficient (Wildman–Crippen LogP) is 3.87. The molecule has 4 nitrogen and oxygen atoms in total. The van der Waals surface area contributed by atoms with E-state index in [1.165, 1.54) is 19.3 Å². The summed E-state index contributed by atoms with van der Waals surface area (Å²) in [6.45, 7) is -0.108. The second kappa shape index (κ2) is 5.81. The van der Waals surface area contributed by atoms with Crippen LogP contribution in [0.2, 0.25) is 0 Å². The summed E-state index contributed by atoms with van der Waals surface area (Å²) in [7, 11) is -6.16. The van der Waals surface area contributed by atoms with Crippen molar-refractivity contribution in [2.75, 3.05) is 6.61 Å². The van der Waals surface area contributed by atoms with Crippen molar-refractivity contribution in [2.45, 2.75) is 68.1 Å². The maximum atomic E-state index is 13.4. The summed E-state index contributed by atoms with van der Waals surface area (Å²) in [4.78, 5) is 0. The number of alkyl halides is 4. The Balaban J connectivity index is 1.52. The van der Waals surface area contributed by atoms with Crippen LogP contribution in [0.1, 0.15) is 51.4 Å². The van der Waals surface area contributed by atoms with Crippen molar-refractivity contribution in [3.8, 4) is 0 Å². The maximum Gasteiger partial charge on any atom is 0.431 e. The molecule has 1 N–H and O–H groups in total. The first-order valence-corrected chi connectivity index (χ1v) is 9.75. The summed E-state index contributed by atoms with van der Waals surface area (Å²) in [5.41, 5.74) is -0.310. The molecule has 0 unspecified atom stereocenters. The standard InChI is InChI=1S/C15H22F4O4S/c16-14(17,15(18,19)24(20,21)22)2-1-3-23-13-7-10-4-11(8-13)6-12(5-10)9-13/h10-12H,1-9H2,(H,20,21,22). The fourth-order valence-corrected chi connectivity index (χ4v) is 5.60. The Kier molecular flexibility index (Phi) is 4.45. The van der Waals surface area contributed by atoms with Crippen LogP contribution in [0.15, 0.2) is 0 Å². The highest BCUT2D eigenvalue weighted by Crippen LogP contribution is 2.57. The van der Waals surface area contributed by atoms with Crippen LogP contribution in [0.5, 0.6) is 0 Å². The fraction of sp³-hybridized carbons (Fsp3) is 1.00. The van der Waals surface area contributed by atoms with E-state index in [1.807, 2.05) is 0 Å². The van der Waals surface area contributed by atoms with Crippen LogP contribution in [0, 0.1) is 17.8 Å². The van der Waals surface area contributed by atoms with Gasteiger partial charge in [0.2, 0.25) is 0 Å². The zero-order valence-corrected chi connectivity index (χ0v) is 14.0. The summed E-state index contributed by atoms with van der Waals surface area (Å²) < 4.78 is 88.2. The van der Waals surface area contributed by atoms with Crippen molar-refractivity contribution < 1.29 is 35.3 Å². The Morgan fingerprint density at radius 3 is 1.88 bits per heavy atom. The molecule has 0 saturated heterocycles. The van der Waals surface area contributed by atoms with Gasteiger partial charge in [0, 0.05) is 13.0 Å². The number of rotatable bonds is 7. The van der Waals surface area contributed by atoms with Crippen LogP contribution in [-0.4, -0.2) is 36.4 Å². The first kappa shape index (κ1) is 18.4. The molecule has 0 heterocycles. The zero-order valence-electron chi connectivity index (χ0n) is 13.2. The van der Waals surface area contributed by atoms with Gasteiger partial charge in [-0.25, -0.2) is 0 Å². The number of ether oxygens (including phenoxy) is 1. The van der Waals surface area contributed by atoms with E-state index < -0.39 is 27.7 Å². The predicted molar refractivity (Wildman–Crippen MR) is 77.5 cm³/mol. The average molecular weight is 374 g/mol. The molecule has 0 aromatic carbocycles. The van der Waals surface area contributed by atoms with Crippen LogP contribution in [0.4, 0.5) is 17.6 Å². The number of hydrogen-bond acceptors (Lipinski definition) is 3. The summed E-state index contributed by atoms with van der Waals surface area (Å²) in [5, 5.41) is -5.49.